The van der Waals surface area contributed by atoms with Crippen LogP contribution in [0.5, 0.6) is 11.5 Å². The lowest BCUT2D eigenvalue weighted by Crippen LogP contribution is -2.31. The molecule has 5 nitrogen and oxygen atoms in total. The molecule has 3 N–H and O–H groups in total. The molecule has 0 saturated carbocycles. The number of aliphatic hydroxyl groups excluding tert-OH is 1. The number of hydrogen-bond acceptors (Lipinski definition) is 3. The smallest absolute Gasteiger partial charge is 0.319 e. The first kappa shape index (κ1) is 15.9. The van der Waals surface area contributed by atoms with Gasteiger partial charge in [0.05, 0.1) is 11.8 Å². The summed E-state index contributed by atoms with van der Waals surface area (Å²) in [5.41, 5.74) is 0.584. The molecule has 22 heavy (non-hydrogen) atoms. The third kappa shape index (κ3) is 5.10. The minimum atomic E-state index is -0.436. The second-order valence-corrected chi connectivity index (χ2v) is 4.93. The Kier molecular flexibility index (Phi) is 5.80. The van der Waals surface area contributed by atoms with E-state index in [0.29, 0.717) is 30.2 Å². The second-order valence-electron chi connectivity index (χ2n) is 4.93. The zero-order valence-corrected chi connectivity index (χ0v) is 12.5. The average Bonchev–Trinajstić information content (AvgIpc) is 2.50. The summed E-state index contributed by atoms with van der Waals surface area (Å²) in [5, 5.41) is 14.6. The summed E-state index contributed by atoms with van der Waals surface area (Å²) in [7, 11) is 0. The van der Waals surface area contributed by atoms with Gasteiger partial charge < -0.3 is 20.5 Å². The number of urea groups is 1. The number of rotatable bonds is 6. The number of anilines is 1. The van der Waals surface area contributed by atoms with Gasteiger partial charge >= 0.3 is 6.03 Å². The van der Waals surface area contributed by atoms with Crippen LogP contribution in [0.3, 0.4) is 0 Å². The van der Waals surface area contributed by atoms with Crippen molar-refractivity contribution in [2.75, 3.05) is 11.9 Å². The number of ether oxygens (including phenoxy) is 1. The van der Waals surface area contributed by atoms with Gasteiger partial charge in [-0.05, 0) is 37.6 Å². The van der Waals surface area contributed by atoms with Crippen molar-refractivity contribution in [3.05, 3.63) is 54.6 Å². The van der Waals surface area contributed by atoms with Gasteiger partial charge in [-0.1, -0.05) is 30.3 Å². The van der Waals surface area contributed by atoms with Crippen LogP contribution < -0.4 is 15.4 Å². The van der Waals surface area contributed by atoms with Crippen LogP contribution in [0, 0.1) is 0 Å². The monoisotopic (exact) mass is 300 g/mol. The highest BCUT2D eigenvalue weighted by molar-refractivity contribution is 5.90. The summed E-state index contributed by atoms with van der Waals surface area (Å²) in [6, 6.07) is 16.3. The molecular formula is C17H20N2O3. The number of nitrogens with one attached hydrogen (secondary N) is 2. The van der Waals surface area contributed by atoms with Crippen LogP contribution in [-0.4, -0.2) is 23.8 Å². The van der Waals surface area contributed by atoms with Gasteiger partial charge in [0.1, 0.15) is 5.75 Å². The third-order valence-electron chi connectivity index (χ3n) is 2.95. The lowest BCUT2D eigenvalue weighted by molar-refractivity contribution is 0.184. The summed E-state index contributed by atoms with van der Waals surface area (Å²) in [4.78, 5) is 11.8. The number of para-hydroxylation sites is 3. The molecule has 0 aliphatic rings. The van der Waals surface area contributed by atoms with Crippen molar-refractivity contribution in [1.82, 2.24) is 5.32 Å². The maximum Gasteiger partial charge on any atom is 0.319 e. The van der Waals surface area contributed by atoms with Gasteiger partial charge in [0.25, 0.3) is 0 Å². The fourth-order valence-corrected chi connectivity index (χ4v) is 1.84. The molecule has 2 aromatic carbocycles. The predicted octanol–water partition coefficient (Wildman–Crippen LogP) is 3.37. The van der Waals surface area contributed by atoms with E-state index in [1.165, 1.54) is 0 Å². The molecule has 5 heteroatoms. The lowest BCUT2D eigenvalue weighted by Gasteiger charge is -2.13. The summed E-state index contributed by atoms with van der Waals surface area (Å²) >= 11 is 0. The molecule has 0 aliphatic heterocycles. The molecule has 2 amide bonds. The molecule has 0 fully saturated rings. The molecule has 0 heterocycles. The topological polar surface area (TPSA) is 70.6 Å². The number of aliphatic hydroxyl groups is 1. The van der Waals surface area contributed by atoms with E-state index < -0.39 is 6.10 Å². The standard InChI is InChI=1S/C17H20N2O3/c1-13(20)11-12-18-17(21)19-15-9-5-6-10-16(15)22-14-7-3-2-4-8-14/h2-10,13,20H,11-12H2,1H3,(H2,18,19,21). The zero-order valence-electron chi connectivity index (χ0n) is 12.5. The van der Waals surface area contributed by atoms with Crippen LogP contribution >= 0.6 is 0 Å². The van der Waals surface area contributed by atoms with Crippen LogP contribution in [0.15, 0.2) is 54.6 Å². The Bertz CT molecular complexity index is 600. The molecular weight excluding hydrogens is 280 g/mol. The average molecular weight is 300 g/mol. The number of carbonyl (C=O) groups is 1. The van der Waals surface area contributed by atoms with Gasteiger partial charge in [0.15, 0.2) is 5.75 Å². The summed E-state index contributed by atoms with van der Waals surface area (Å²) in [6.07, 6.45) is 0.0734. The lowest BCUT2D eigenvalue weighted by atomic mass is 10.3. The normalized spacial score (nSPS) is 11.5. The van der Waals surface area contributed by atoms with E-state index in [4.69, 9.17) is 4.74 Å². The highest BCUT2D eigenvalue weighted by Gasteiger charge is 2.08. The van der Waals surface area contributed by atoms with Crippen molar-refractivity contribution >= 4 is 11.7 Å². The van der Waals surface area contributed by atoms with Crippen LogP contribution in [0.1, 0.15) is 13.3 Å². The van der Waals surface area contributed by atoms with E-state index in [-0.39, 0.29) is 6.03 Å². The van der Waals surface area contributed by atoms with Crippen molar-refractivity contribution in [3.8, 4) is 11.5 Å². The molecule has 0 saturated heterocycles. The molecule has 1 atom stereocenters. The molecule has 0 bridgehead atoms. The summed E-state index contributed by atoms with van der Waals surface area (Å²) in [5.74, 6) is 1.27. The minimum absolute atomic E-state index is 0.329. The third-order valence-corrected chi connectivity index (χ3v) is 2.95. The Morgan fingerprint density at radius 2 is 1.82 bits per heavy atom. The first-order valence-electron chi connectivity index (χ1n) is 7.20. The first-order chi connectivity index (χ1) is 10.6. The molecule has 0 aliphatic carbocycles. The predicted molar refractivity (Wildman–Crippen MR) is 86.3 cm³/mol. The van der Waals surface area contributed by atoms with E-state index in [2.05, 4.69) is 10.6 Å². The van der Waals surface area contributed by atoms with Gasteiger partial charge in [-0.3, -0.25) is 0 Å². The van der Waals surface area contributed by atoms with Gasteiger partial charge in [-0.15, -0.1) is 0 Å². The zero-order chi connectivity index (χ0) is 15.8. The van der Waals surface area contributed by atoms with E-state index in [9.17, 15) is 9.90 Å². The Morgan fingerprint density at radius 1 is 1.14 bits per heavy atom. The van der Waals surface area contributed by atoms with Gasteiger partial charge in [0.2, 0.25) is 0 Å². The molecule has 0 aromatic heterocycles. The molecule has 116 valence electrons. The maximum absolute atomic E-state index is 11.8. The van der Waals surface area contributed by atoms with Crippen molar-refractivity contribution in [2.24, 2.45) is 0 Å². The highest BCUT2D eigenvalue weighted by atomic mass is 16.5. The van der Waals surface area contributed by atoms with Crippen LogP contribution in [-0.2, 0) is 0 Å². The van der Waals surface area contributed by atoms with E-state index in [1.807, 2.05) is 42.5 Å². The van der Waals surface area contributed by atoms with Crippen molar-refractivity contribution in [2.45, 2.75) is 19.4 Å². The van der Waals surface area contributed by atoms with Crippen LogP contribution in [0.25, 0.3) is 0 Å². The molecule has 2 aromatic rings. The van der Waals surface area contributed by atoms with Crippen molar-refractivity contribution in [3.63, 3.8) is 0 Å². The summed E-state index contributed by atoms with van der Waals surface area (Å²) < 4.78 is 5.77. The number of carbonyl (C=O) groups excluding carboxylic acids is 1. The second kappa shape index (κ2) is 8.05. The largest absolute Gasteiger partial charge is 0.455 e. The van der Waals surface area contributed by atoms with Crippen LogP contribution in [0.2, 0.25) is 0 Å². The van der Waals surface area contributed by atoms with E-state index in [0.717, 1.165) is 0 Å². The van der Waals surface area contributed by atoms with Gasteiger partial charge in [-0.2, -0.15) is 0 Å². The maximum atomic E-state index is 11.8. The minimum Gasteiger partial charge on any atom is -0.455 e. The quantitative estimate of drug-likeness (QED) is 0.766. The van der Waals surface area contributed by atoms with Crippen molar-refractivity contribution < 1.29 is 14.6 Å². The van der Waals surface area contributed by atoms with E-state index >= 15 is 0 Å². The SMILES string of the molecule is CC(O)CCNC(=O)Nc1ccccc1Oc1ccccc1. The molecule has 2 rings (SSSR count). The number of benzene rings is 2. The van der Waals surface area contributed by atoms with Gasteiger partial charge in [-0.25, -0.2) is 4.79 Å². The fourth-order valence-electron chi connectivity index (χ4n) is 1.84. The first-order valence-corrected chi connectivity index (χ1v) is 7.20. The molecule has 0 radical (unpaired) electrons. The Hall–Kier alpha value is -2.53. The molecule has 0 spiro atoms. The number of amides is 2. The Balaban J connectivity index is 1.98. The number of hydrogen-bond donors (Lipinski definition) is 3. The Labute approximate surface area is 129 Å². The van der Waals surface area contributed by atoms with Gasteiger partial charge in [0, 0.05) is 6.54 Å². The highest BCUT2D eigenvalue weighted by Crippen LogP contribution is 2.28. The van der Waals surface area contributed by atoms with E-state index in [1.54, 1.807) is 19.1 Å². The van der Waals surface area contributed by atoms with Crippen molar-refractivity contribution in [1.29, 1.82) is 0 Å². The van der Waals surface area contributed by atoms with Crippen LogP contribution in [0.4, 0.5) is 10.5 Å². The summed E-state index contributed by atoms with van der Waals surface area (Å²) in [6.45, 7) is 2.09. The Morgan fingerprint density at radius 3 is 2.55 bits per heavy atom. The fraction of sp³-hybridized carbons (Fsp3) is 0.235. The molecule has 1 unspecified atom stereocenters.